The third kappa shape index (κ3) is 1.15. The summed E-state index contributed by atoms with van der Waals surface area (Å²) in [6.45, 7) is 2.13. The topological polar surface area (TPSA) is 0 Å². The predicted molar refractivity (Wildman–Crippen MR) is 61.0 cm³/mol. The van der Waals surface area contributed by atoms with Crippen LogP contribution in [0.3, 0.4) is 0 Å². The van der Waals surface area contributed by atoms with E-state index in [0.717, 1.165) is 0 Å². The second-order valence-corrected chi connectivity index (χ2v) is 3.82. The summed E-state index contributed by atoms with van der Waals surface area (Å²) in [5.74, 6) is 0. The van der Waals surface area contributed by atoms with Crippen LogP contribution in [0.1, 0.15) is 11.1 Å². The molecule has 67 valence electrons. The minimum absolute atomic E-state index is 1.32. The quantitative estimate of drug-likeness (QED) is 0.625. The molecule has 2 aromatic rings. The molecule has 0 unspecified atom stereocenters. The molecule has 0 aliphatic heterocycles. The van der Waals surface area contributed by atoms with E-state index in [1.54, 1.807) is 0 Å². The van der Waals surface area contributed by atoms with Gasteiger partial charge in [0, 0.05) is 6.42 Å². The normalized spacial score (nSPS) is 14.2. The Morgan fingerprint density at radius 2 is 1.86 bits per heavy atom. The van der Waals surface area contributed by atoms with Gasteiger partial charge in [-0.15, -0.1) is 0 Å². The second kappa shape index (κ2) is 2.71. The third-order valence-corrected chi connectivity index (χ3v) is 2.68. The molecule has 14 heavy (non-hydrogen) atoms. The van der Waals surface area contributed by atoms with Crippen molar-refractivity contribution in [2.75, 3.05) is 0 Å². The van der Waals surface area contributed by atoms with E-state index in [1.807, 2.05) is 0 Å². The molecule has 0 bridgehead atoms. The van der Waals surface area contributed by atoms with Gasteiger partial charge in [-0.3, -0.25) is 0 Å². The summed E-state index contributed by atoms with van der Waals surface area (Å²) in [7, 11) is 0. The van der Waals surface area contributed by atoms with Crippen molar-refractivity contribution in [1.82, 2.24) is 0 Å². The number of hydrogen-bond acceptors (Lipinski definition) is 0. The van der Waals surface area contributed by atoms with Gasteiger partial charge in [-0.25, -0.2) is 0 Å². The largest absolute Gasteiger partial charge is 0.0716 e. The molecule has 0 heteroatoms. The number of allylic oxidation sites excluding steroid dienone is 2. The summed E-state index contributed by atoms with van der Waals surface area (Å²) in [5.41, 5.74) is 4.06. The van der Waals surface area contributed by atoms with Crippen LogP contribution in [0.15, 0.2) is 42.5 Å². The number of benzene rings is 2. The van der Waals surface area contributed by atoms with E-state index in [1.165, 1.54) is 27.5 Å². The van der Waals surface area contributed by atoms with Crippen LogP contribution in [0.2, 0.25) is 0 Å². The Balaban J connectivity index is 2.36. The lowest BCUT2D eigenvalue weighted by Gasteiger charge is -2.03. The molecule has 1 aliphatic rings. The number of fused-ring (bicyclic) bond motifs is 1. The van der Waals surface area contributed by atoms with Crippen LogP contribution in [-0.2, 0) is 0 Å². The van der Waals surface area contributed by atoms with E-state index in [2.05, 4.69) is 55.8 Å². The summed E-state index contributed by atoms with van der Waals surface area (Å²) in [5, 5.41) is 2.70. The molecule has 0 aromatic heterocycles. The van der Waals surface area contributed by atoms with Crippen LogP contribution in [0, 0.1) is 13.3 Å². The van der Waals surface area contributed by atoms with Crippen molar-refractivity contribution < 1.29 is 0 Å². The van der Waals surface area contributed by atoms with Gasteiger partial charge in [-0.05, 0) is 28.8 Å². The van der Waals surface area contributed by atoms with Gasteiger partial charge < -0.3 is 0 Å². The first-order valence-electron chi connectivity index (χ1n) is 4.89. The standard InChI is InChI=1S/C14H11/c1-10-5-8-14-12(9-10)3-2-4-13(14)11-6-7-11/h2-9H,1H3. The Bertz CT molecular complexity index is 533. The van der Waals surface area contributed by atoms with Crippen LogP contribution >= 0.6 is 0 Å². The Morgan fingerprint density at radius 3 is 2.64 bits per heavy atom. The first kappa shape index (κ1) is 7.81. The highest BCUT2D eigenvalue weighted by Crippen LogP contribution is 2.34. The van der Waals surface area contributed by atoms with Crippen molar-refractivity contribution in [3.05, 3.63) is 60.0 Å². The molecule has 3 rings (SSSR count). The lowest BCUT2D eigenvalue weighted by Crippen LogP contribution is -1.80. The summed E-state index contributed by atoms with van der Waals surface area (Å²) in [6.07, 6.45) is 4.32. The maximum absolute atomic E-state index is 2.24. The molecule has 2 aromatic carbocycles. The number of aryl methyl sites for hydroxylation is 1. The molecule has 0 fully saturated rings. The smallest absolute Gasteiger partial charge is 0.0131 e. The van der Waals surface area contributed by atoms with Crippen molar-refractivity contribution in [2.45, 2.75) is 6.92 Å². The lowest BCUT2D eigenvalue weighted by atomic mass is 10.0. The first-order chi connectivity index (χ1) is 6.84. The highest BCUT2D eigenvalue weighted by atomic mass is 14.2. The van der Waals surface area contributed by atoms with Gasteiger partial charge in [-0.2, -0.15) is 0 Å². The monoisotopic (exact) mass is 179 g/mol. The fourth-order valence-electron chi connectivity index (χ4n) is 1.88. The Morgan fingerprint density at radius 1 is 1.00 bits per heavy atom. The summed E-state index contributed by atoms with van der Waals surface area (Å²) < 4.78 is 0. The fraction of sp³-hybridized carbons (Fsp3) is 0.0714. The van der Waals surface area contributed by atoms with Gasteiger partial charge in [0.1, 0.15) is 0 Å². The van der Waals surface area contributed by atoms with E-state index in [0.29, 0.717) is 0 Å². The van der Waals surface area contributed by atoms with Crippen LogP contribution in [-0.4, -0.2) is 0 Å². The Hall–Kier alpha value is -1.56. The van der Waals surface area contributed by atoms with Crippen molar-refractivity contribution in [1.29, 1.82) is 0 Å². The molecule has 0 amide bonds. The van der Waals surface area contributed by atoms with Gasteiger partial charge in [0.15, 0.2) is 0 Å². The van der Waals surface area contributed by atoms with Gasteiger partial charge in [0.25, 0.3) is 0 Å². The Kier molecular flexibility index (Phi) is 1.51. The number of rotatable bonds is 1. The molecule has 1 radical (unpaired) electrons. The highest BCUT2D eigenvalue weighted by Gasteiger charge is 2.12. The highest BCUT2D eigenvalue weighted by molar-refractivity contribution is 6.01. The summed E-state index contributed by atoms with van der Waals surface area (Å²) in [4.78, 5) is 0. The van der Waals surface area contributed by atoms with Crippen LogP contribution in [0.4, 0.5) is 0 Å². The van der Waals surface area contributed by atoms with Crippen molar-refractivity contribution >= 4 is 16.3 Å². The molecule has 0 nitrogen and oxygen atoms in total. The van der Waals surface area contributed by atoms with E-state index >= 15 is 0 Å². The average molecular weight is 179 g/mol. The van der Waals surface area contributed by atoms with Crippen molar-refractivity contribution in [3.63, 3.8) is 0 Å². The predicted octanol–water partition coefficient (Wildman–Crippen LogP) is 3.75. The maximum Gasteiger partial charge on any atom is 0.0131 e. The van der Waals surface area contributed by atoms with Gasteiger partial charge in [0.2, 0.25) is 0 Å². The molecule has 0 saturated heterocycles. The molecular formula is C14H11. The van der Waals surface area contributed by atoms with Crippen LogP contribution < -0.4 is 0 Å². The van der Waals surface area contributed by atoms with Gasteiger partial charge in [0.05, 0.1) is 0 Å². The summed E-state index contributed by atoms with van der Waals surface area (Å²) in [6, 6.07) is 13.1. The van der Waals surface area contributed by atoms with Crippen molar-refractivity contribution in [2.24, 2.45) is 0 Å². The summed E-state index contributed by atoms with van der Waals surface area (Å²) >= 11 is 0. The van der Waals surface area contributed by atoms with Crippen LogP contribution in [0.5, 0.6) is 0 Å². The first-order valence-corrected chi connectivity index (χ1v) is 4.89. The molecule has 0 atom stereocenters. The minimum Gasteiger partial charge on any atom is -0.0716 e. The van der Waals surface area contributed by atoms with Gasteiger partial charge in [-0.1, -0.05) is 48.0 Å². The number of hydrogen-bond donors (Lipinski definition) is 0. The van der Waals surface area contributed by atoms with E-state index in [-0.39, 0.29) is 0 Å². The molecule has 0 saturated carbocycles. The molecular weight excluding hydrogens is 168 g/mol. The average Bonchev–Trinajstić information content (AvgIpc) is 2.99. The molecule has 0 spiro atoms. The van der Waals surface area contributed by atoms with Crippen LogP contribution in [0.25, 0.3) is 16.3 Å². The molecule has 0 N–H and O–H groups in total. The SMILES string of the molecule is Cc1ccc2c(C3=C[CH]3)cccc2c1. The Labute approximate surface area is 83.9 Å². The zero-order valence-corrected chi connectivity index (χ0v) is 8.12. The lowest BCUT2D eigenvalue weighted by molar-refractivity contribution is 1.50. The van der Waals surface area contributed by atoms with E-state index < -0.39 is 0 Å². The fourth-order valence-corrected chi connectivity index (χ4v) is 1.88. The van der Waals surface area contributed by atoms with Crippen molar-refractivity contribution in [3.8, 4) is 0 Å². The third-order valence-electron chi connectivity index (χ3n) is 2.68. The minimum atomic E-state index is 1.32. The second-order valence-electron chi connectivity index (χ2n) is 3.82. The molecule has 1 aliphatic carbocycles. The maximum atomic E-state index is 2.24. The van der Waals surface area contributed by atoms with E-state index in [4.69, 9.17) is 0 Å². The zero-order chi connectivity index (χ0) is 9.54. The van der Waals surface area contributed by atoms with E-state index in [9.17, 15) is 0 Å². The molecule has 0 heterocycles. The van der Waals surface area contributed by atoms with Gasteiger partial charge >= 0.3 is 0 Å². The zero-order valence-electron chi connectivity index (χ0n) is 8.12.